The van der Waals surface area contributed by atoms with E-state index in [1.807, 2.05) is 0 Å². The first kappa shape index (κ1) is 55.6. The first-order chi connectivity index (χ1) is 31.8. The van der Waals surface area contributed by atoms with Crippen molar-refractivity contribution in [3.63, 3.8) is 0 Å². The summed E-state index contributed by atoms with van der Waals surface area (Å²) < 4.78 is 91.8. The van der Waals surface area contributed by atoms with Gasteiger partial charge in [0.05, 0.1) is 73.9 Å². The summed E-state index contributed by atoms with van der Waals surface area (Å²) in [5, 5.41) is 0.792. The van der Waals surface area contributed by atoms with Crippen LogP contribution in [-0.4, -0.2) is 80.4 Å². The van der Waals surface area contributed by atoms with Gasteiger partial charge < -0.3 is 43.6 Å². The van der Waals surface area contributed by atoms with E-state index < -0.39 is 31.0 Å². The van der Waals surface area contributed by atoms with Crippen LogP contribution in [-0.2, 0) is 28.5 Å². The highest BCUT2D eigenvalue weighted by molar-refractivity contribution is 8.13. The number of nitrogens with two attached hydrogens (primary N) is 1. The highest BCUT2D eigenvalue weighted by Crippen LogP contribution is 2.34. The Kier molecular flexibility index (Phi) is 21.3. The molecule has 0 unspecified atom stereocenters. The number of aromatic nitrogens is 2. The number of anilines is 2. The molecule has 0 radical (unpaired) electrons. The molecule has 0 bridgehead atoms. The third kappa shape index (κ3) is 16.0. The number of halogens is 3. The lowest BCUT2D eigenvalue weighted by Gasteiger charge is -2.14. The van der Waals surface area contributed by atoms with Crippen molar-refractivity contribution in [2.24, 2.45) is 0 Å². The molecule has 23 heteroatoms. The lowest BCUT2D eigenvalue weighted by atomic mass is 10.2. The normalized spacial score (nSPS) is 10.5. The molecule has 4 aromatic carbocycles. The maximum Gasteiger partial charge on any atom is 0.342 e. The molecule has 0 saturated heterocycles. The number of methoxy groups -OCH3 is 4. The van der Waals surface area contributed by atoms with Crippen LogP contribution in [0.5, 0.6) is 46.0 Å². The minimum absolute atomic E-state index is 0. The Hall–Kier alpha value is -6.71. The fourth-order valence-corrected chi connectivity index (χ4v) is 7.53. The molecule has 364 valence electrons. The Morgan fingerprint density at radius 3 is 1.44 bits per heavy atom. The average molecular weight is 1040 g/mol. The quantitative estimate of drug-likeness (QED) is 0.0520. The smallest absolute Gasteiger partial charge is 0.342 e. The molecule has 0 saturated carbocycles. The van der Waals surface area contributed by atoms with E-state index in [9.17, 15) is 26.4 Å². The van der Waals surface area contributed by atoms with Crippen molar-refractivity contribution in [3.05, 3.63) is 131 Å². The topological polar surface area (TPSA) is 240 Å². The van der Waals surface area contributed by atoms with Crippen LogP contribution >= 0.6 is 33.9 Å². The second-order valence-corrected chi connectivity index (χ2v) is 18.0. The first-order valence-electron chi connectivity index (χ1n) is 19.2. The highest BCUT2D eigenvalue weighted by Gasteiger charge is 2.22. The van der Waals surface area contributed by atoms with Crippen LogP contribution in [0.25, 0.3) is 0 Å². The Labute approximate surface area is 408 Å². The zero-order valence-corrected chi connectivity index (χ0v) is 40.3. The van der Waals surface area contributed by atoms with Crippen molar-refractivity contribution >= 4 is 76.3 Å². The molecule has 68 heavy (non-hydrogen) atoms. The maximum atomic E-state index is 12.9. The lowest BCUT2D eigenvalue weighted by molar-refractivity contribution is 0.0513. The van der Waals surface area contributed by atoms with Gasteiger partial charge in [-0.15, -0.1) is 0 Å². The van der Waals surface area contributed by atoms with Gasteiger partial charge in [-0.05, 0) is 74.5 Å². The molecule has 3 N–H and O–H groups in total. The highest BCUT2D eigenvalue weighted by atomic mass is 35.7. The van der Waals surface area contributed by atoms with Crippen LogP contribution in [0.15, 0.2) is 120 Å². The number of ether oxygens (including phenoxy) is 8. The zero-order chi connectivity index (χ0) is 49.3. The Morgan fingerprint density at radius 2 is 1.00 bits per heavy atom. The molecule has 2 aromatic heterocycles. The summed E-state index contributed by atoms with van der Waals surface area (Å²) >= 11 is 11.8. The van der Waals surface area contributed by atoms with Gasteiger partial charge in [0.25, 0.3) is 19.1 Å². The molecule has 0 spiro atoms. The van der Waals surface area contributed by atoms with E-state index in [4.69, 9.17) is 77.5 Å². The molecule has 0 atom stereocenters. The average Bonchev–Trinajstić information content (AvgIpc) is 3.29. The third-order valence-corrected chi connectivity index (χ3v) is 11.5. The third-order valence-electron chi connectivity index (χ3n) is 8.34. The zero-order valence-electron chi connectivity index (χ0n) is 36.4. The van der Waals surface area contributed by atoms with E-state index in [0.29, 0.717) is 50.2 Å². The van der Waals surface area contributed by atoms with Crippen molar-refractivity contribution in [2.75, 3.05) is 52.1 Å². The summed E-state index contributed by atoms with van der Waals surface area (Å²) in [6.45, 7) is 3.78. The maximum absolute atomic E-state index is 12.9. The molecule has 0 fully saturated rings. The fourth-order valence-electron chi connectivity index (χ4n) is 5.37. The van der Waals surface area contributed by atoms with Crippen molar-refractivity contribution in [1.82, 2.24) is 9.97 Å². The summed E-state index contributed by atoms with van der Waals surface area (Å²) in [7, 11) is 3.16. The van der Waals surface area contributed by atoms with Gasteiger partial charge in [-0.2, -0.15) is 0 Å². The molecular weight excluding hydrogens is 991 g/mol. The number of nitrogen functional groups attached to an aromatic ring is 1. The van der Waals surface area contributed by atoms with Gasteiger partial charge >= 0.3 is 11.9 Å². The molecule has 0 aliphatic carbocycles. The largest absolute Gasteiger partial charge is 0.493 e. The number of sulfonamides is 1. The van der Waals surface area contributed by atoms with Crippen molar-refractivity contribution < 1.29 is 64.3 Å². The van der Waals surface area contributed by atoms with Crippen LogP contribution in [0.1, 0.15) is 42.0 Å². The molecule has 0 amide bonds. The minimum atomic E-state index is -4.01. The fraction of sp³-hybridized carbons (Fsp3) is 0.200. The number of rotatable bonds is 16. The number of hydrogen-bond donors (Lipinski definition) is 2. The van der Waals surface area contributed by atoms with Gasteiger partial charge in [-0.1, -0.05) is 30.6 Å². The molecule has 18 nitrogen and oxygen atoms in total. The number of carbonyl (C=O) groups is 2. The van der Waals surface area contributed by atoms with Gasteiger partial charge in [0.1, 0.15) is 34.1 Å². The lowest BCUT2D eigenvalue weighted by Crippen LogP contribution is -2.14. The van der Waals surface area contributed by atoms with Gasteiger partial charge in [0, 0.05) is 58.7 Å². The van der Waals surface area contributed by atoms with E-state index in [-0.39, 0.29) is 58.7 Å². The van der Waals surface area contributed by atoms with Gasteiger partial charge in [-0.25, -0.2) is 26.4 Å². The molecule has 0 aliphatic rings. The summed E-state index contributed by atoms with van der Waals surface area (Å²) in [6, 6.07) is 20.4. The second-order valence-electron chi connectivity index (χ2n) is 12.9. The summed E-state index contributed by atoms with van der Waals surface area (Å²) in [4.78, 5) is 32.2. The van der Waals surface area contributed by atoms with Crippen LogP contribution in [0, 0.1) is 0 Å². The predicted octanol–water partition coefficient (Wildman–Crippen LogP) is 10.1. The van der Waals surface area contributed by atoms with Gasteiger partial charge in [0.2, 0.25) is 0 Å². The Balaban J connectivity index is 0.000000297. The minimum Gasteiger partial charge on any atom is -0.493 e. The Bertz CT molecular complexity index is 2910. The van der Waals surface area contributed by atoms with E-state index >= 15 is 0 Å². The van der Waals surface area contributed by atoms with Crippen molar-refractivity contribution in [3.8, 4) is 46.0 Å². The number of nitrogens with one attached hydrogen (secondary N) is 1. The number of hydrogen-bond acceptors (Lipinski definition) is 17. The molecular formula is C45H47Cl3N4O14S2. The van der Waals surface area contributed by atoms with Crippen molar-refractivity contribution in [2.45, 2.75) is 31.1 Å². The number of pyridine rings is 2. The molecule has 2 heterocycles. The summed E-state index contributed by atoms with van der Waals surface area (Å²) in [6.07, 6.45) is 5.85. The summed E-state index contributed by atoms with van der Waals surface area (Å²) in [5.74, 6) is 1.45. The van der Waals surface area contributed by atoms with Gasteiger partial charge in [-0.3, -0.25) is 14.7 Å². The number of nitrogens with zero attached hydrogens (tertiary/aromatic N) is 2. The van der Waals surface area contributed by atoms with Gasteiger partial charge in [0.15, 0.2) is 23.0 Å². The SMILES string of the molecule is C.CCOC(=O)c1cc(N)ccc1Oc1cncc(Cl)c1.CCOC(=O)c1cc(NS(=O)(=O)c2ccc(OC)c(OC)c2)ccc1Oc1cncc(Cl)c1.COc1ccc(S(=O)(=O)Cl)cc1OC. The predicted molar refractivity (Wildman–Crippen MR) is 258 cm³/mol. The second kappa shape index (κ2) is 26.0. The number of benzene rings is 4. The van der Waals surface area contributed by atoms with Crippen LogP contribution < -0.4 is 38.9 Å². The number of carbonyl (C=O) groups excluding carboxylic acids is 2. The molecule has 0 aliphatic heterocycles. The Morgan fingerprint density at radius 1 is 0.574 bits per heavy atom. The number of esters is 2. The van der Waals surface area contributed by atoms with E-state index in [0.717, 1.165) is 0 Å². The van der Waals surface area contributed by atoms with E-state index in [2.05, 4.69) is 14.7 Å². The van der Waals surface area contributed by atoms with Crippen LogP contribution in [0.3, 0.4) is 0 Å². The van der Waals surface area contributed by atoms with E-state index in [1.54, 1.807) is 32.0 Å². The summed E-state index contributed by atoms with van der Waals surface area (Å²) in [5.41, 5.74) is 6.53. The monoisotopic (exact) mass is 1040 g/mol. The van der Waals surface area contributed by atoms with Crippen molar-refractivity contribution in [1.29, 1.82) is 0 Å². The molecule has 6 rings (SSSR count). The standard InChI is InChI=1S/C22H21ClN2O7S.C14H13ClN2O3.C8H9ClO4S.CH4/c1-4-31-22(26)18-10-15(5-7-19(18)32-16-9-14(23)12-24-13-16)25-33(27,28)17-6-8-20(29-2)21(11-17)30-3;1-2-19-14(18)12-6-10(16)3-4-13(12)20-11-5-9(15)7-17-8-11;1-12-7-4-3-6(14(9,10)11)5-8(7)13-2;/h5-13,25H,4H2,1-3H3;3-8H,2,16H2,1H3;3-5H,1-2H3;1H4. The van der Waals surface area contributed by atoms with Crippen LogP contribution in [0.2, 0.25) is 10.0 Å². The van der Waals surface area contributed by atoms with Crippen LogP contribution in [0.4, 0.5) is 11.4 Å². The first-order valence-corrected chi connectivity index (χ1v) is 23.8. The molecule has 6 aromatic rings. The van der Waals surface area contributed by atoms with E-state index in [1.165, 1.54) is 120 Å².